The number of rotatable bonds is 7. The highest BCUT2D eigenvalue weighted by Crippen LogP contribution is 2.44. The van der Waals surface area contributed by atoms with Crippen LogP contribution in [-0.2, 0) is 0 Å². The number of nitrogens with zero attached hydrogens (tertiary/aromatic N) is 3. The molecule has 0 aliphatic carbocycles. The lowest BCUT2D eigenvalue weighted by molar-refractivity contribution is 1.18. The standard InChI is InChI=1S/C58H37N3S/c1-5-17-38(18-6-1)43-32-50(39-19-7-2-8-20-39)60-53(33-43)42-29-30-55(47(31-42)44-34-51(40-21-9-3-10-22-40)59-52(35-44)41-23-11-4-12-24-41)61-54-27-15-13-25-45(54)48-37-58-49(36-56(48)61)46-26-14-16-28-57(46)62-58/h1-37H. The van der Waals surface area contributed by atoms with Crippen LogP contribution < -0.4 is 0 Å². The summed E-state index contributed by atoms with van der Waals surface area (Å²) in [5.41, 5.74) is 15.8. The van der Waals surface area contributed by atoms with E-state index in [2.05, 4.69) is 229 Å². The van der Waals surface area contributed by atoms with Gasteiger partial charge in [-0.15, -0.1) is 11.3 Å². The molecule has 0 aliphatic heterocycles. The molecule has 4 aromatic heterocycles. The number of hydrogen-bond acceptors (Lipinski definition) is 3. The first-order chi connectivity index (χ1) is 30.7. The lowest BCUT2D eigenvalue weighted by Gasteiger charge is -2.18. The van der Waals surface area contributed by atoms with Gasteiger partial charge in [0.1, 0.15) is 0 Å². The molecule has 12 aromatic rings. The summed E-state index contributed by atoms with van der Waals surface area (Å²) >= 11 is 1.86. The van der Waals surface area contributed by atoms with Gasteiger partial charge in [0.2, 0.25) is 0 Å². The Kier molecular flexibility index (Phi) is 8.68. The largest absolute Gasteiger partial charge is 0.309 e. The van der Waals surface area contributed by atoms with Gasteiger partial charge < -0.3 is 4.57 Å². The monoisotopic (exact) mass is 807 g/mol. The van der Waals surface area contributed by atoms with E-state index in [1.54, 1.807) is 0 Å². The van der Waals surface area contributed by atoms with Crippen LogP contribution in [0.5, 0.6) is 0 Å². The van der Waals surface area contributed by atoms with Crippen molar-refractivity contribution >= 4 is 53.3 Å². The second kappa shape index (κ2) is 15.0. The van der Waals surface area contributed by atoms with Crippen LogP contribution >= 0.6 is 11.3 Å². The summed E-state index contributed by atoms with van der Waals surface area (Å²) in [5.74, 6) is 0. The summed E-state index contributed by atoms with van der Waals surface area (Å²) in [5, 5.41) is 5.03. The van der Waals surface area contributed by atoms with Crippen LogP contribution in [0.2, 0.25) is 0 Å². The smallest absolute Gasteiger partial charge is 0.0715 e. The molecule has 12 rings (SSSR count). The van der Waals surface area contributed by atoms with Gasteiger partial charge in [-0.2, -0.15) is 0 Å². The third-order valence-corrected chi connectivity index (χ3v) is 13.1. The molecule has 290 valence electrons. The maximum Gasteiger partial charge on any atom is 0.0715 e. The van der Waals surface area contributed by atoms with Crippen LogP contribution in [0.25, 0.3) is 115 Å². The molecule has 4 heteroatoms. The predicted molar refractivity (Wildman–Crippen MR) is 262 cm³/mol. The third kappa shape index (κ3) is 6.28. The topological polar surface area (TPSA) is 30.7 Å². The van der Waals surface area contributed by atoms with Crippen molar-refractivity contribution in [1.29, 1.82) is 0 Å². The van der Waals surface area contributed by atoms with Crippen LogP contribution in [0.1, 0.15) is 0 Å². The number of fused-ring (bicyclic) bond motifs is 6. The van der Waals surface area contributed by atoms with Crippen LogP contribution in [0.3, 0.4) is 0 Å². The van der Waals surface area contributed by atoms with Crippen molar-refractivity contribution in [2.24, 2.45) is 0 Å². The third-order valence-electron chi connectivity index (χ3n) is 12.0. The first-order valence-corrected chi connectivity index (χ1v) is 21.8. The van der Waals surface area contributed by atoms with Gasteiger partial charge in [0.15, 0.2) is 0 Å². The van der Waals surface area contributed by atoms with Gasteiger partial charge in [0, 0.05) is 58.8 Å². The van der Waals surface area contributed by atoms with Gasteiger partial charge in [0.25, 0.3) is 0 Å². The molecule has 3 nitrogen and oxygen atoms in total. The van der Waals surface area contributed by atoms with Crippen molar-refractivity contribution in [1.82, 2.24) is 14.5 Å². The highest BCUT2D eigenvalue weighted by Gasteiger charge is 2.21. The zero-order valence-electron chi connectivity index (χ0n) is 33.6. The second-order valence-electron chi connectivity index (χ2n) is 15.8. The molecular weight excluding hydrogens is 771 g/mol. The summed E-state index contributed by atoms with van der Waals surface area (Å²) < 4.78 is 5.07. The van der Waals surface area contributed by atoms with E-state index in [0.29, 0.717) is 0 Å². The molecular formula is C58H37N3S. The zero-order chi connectivity index (χ0) is 41.0. The number of aromatic nitrogens is 3. The van der Waals surface area contributed by atoms with Crippen molar-refractivity contribution in [3.63, 3.8) is 0 Å². The van der Waals surface area contributed by atoms with Gasteiger partial charge in [-0.3, -0.25) is 0 Å². The molecule has 0 amide bonds. The lowest BCUT2D eigenvalue weighted by Crippen LogP contribution is -2.00. The Morgan fingerprint density at radius 3 is 1.40 bits per heavy atom. The van der Waals surface area contributed by atoms with Crippen LogP contribution in [0, 0.1) is 0 Å². The molecule has 62 heavy (non-hydrogen) atoms. The van der Waals surface area contributed by atoms with E-state index in [1.165, 1.54) is 36.5 Å². The first kappa shape index (κ1) is 36.0. The Hall–Kier alpha value is -7.92. The molecule has 0 fully saturated rings. The molecule has 8 aromatic carbocycles. The average Bonchev–Trinajstić information content (AvgIpc) is 3.88. The minimum absolute atomic E-state index is 0.910. The Labute approximate surface area is 363 Å². The van der Waals surface area contributed by atoms with E-state index >= 15 is 0 Å². The first-order valence-electron chi connectivity index (χ1n) is 21.0. The fourth-order valence-corrected chi connectivity index (χ4v) is 10.1. The summed E-state index contributed by atoms with van der Waals surface area (Å²) in [6, 6.07) is 80.4. The fourth-order valence-electron chi connectivity index (χ4n) is 9.00. The van der Waals surface area contributed by atoms with E-state index in [0.717, 1.165) is 78.5 Å². The van der Waals surface area contributed by atoms with Crippen molar-refractivity contribution in [3.8, 4) is 73.0 Å². The van der Waals surface area contributed by atoms with E-state index in [-0.39, 0.29) is 0 Å². The van der Waals surface area contributed by atoms with Gasteiger partial charge >= 0.3 is 0 Å². The molecule has 0 atom stereocenters. The fraction of sp³-hybridized carbons (Fsp3) is 0. The normalized spacial score (nSPS) is 11.5. The van der Waals surface area contributed by atoms with Gasteiger partial charge in [0.05, 0.1) is 39.5 Å². The molecule has 0 radical (unpaired) electrons. The van der Waals surface area contributed by atoms with Crippen molar-refractivity contribution < 1.29 is 0 Å². The summed E-state index contributed by atoms with van der Waals surface area (Å²) in [6.45, 7) is 0. The summed E-state index contributed by atoms with van der Waals surface area (Å²) in [7, 11) is 0. The summed E-state index contributed by atoms with van der Waals surface area (Å²) in [6.07, 6.45) is 0. The Morgan fingerprint density at radius 2 is 0.790 bits per heavy atom. The Balaban J connectivity index is 1.17. The molecule has 0 N–H and O–H groups in total. The minimum atomic E-state index is 0.910. The van der Waals surface area contributed by atoms with E-state index in [9.17, 15) is 0 Å². The van der Waals surface area contributed by atoms with Gasteiger partial charge in [-0.05, 0) is 77.4 Å². The van der Waals surface area contributed by atoms with Gasteiger partial charge in [-0.25, -0.2) is 9.97 Å². The van der Waals surface area contributed by atoms with Gasteiger partial charge in [-0.1, -0.05) is 164 Å². The molecule has 4 heterocycles. The van der Waals surface area contributed by atoms with E-state index < -0.39 is 0 Å². The average molecular weight is 808 g/mol. The summed E-state index contributed by atoms with van der Waals surface area (Å²) in [4.78, 5) is 10.7. The van der Waals surface area contributed by atoms with Crippen molar-refractivity contribution in [3.05, 3.63) is 224 Å². The lowest BCUT2D eigenvalue weighted by atomic mass is 9.95. The maximum atomic E-state index is 5.40. The van der Waals surface area contributed by atoms with Crippen molar-refractivity contribution in [2.45, 2.75) is 0 Å². The van der Waals surface area contributed by atoms with Crippen LogP contribution in [0.15, 0.2) is 224 Å². The highest BCUT2D eigenvalue weighted by molar-refractivity contribution is 7.25. The molecule has 0 unspecified atom stereocenters. The van der Waals surface area contributed by atoms with E-state index in [1.807, 2.05) is 11.3 Å². The number of benzene rings is 8. The molecule has 0 saturated heterocycles. The quantitative estimate of drug-likeness (QED) is 0.161. The highest BCUT2D eigenvalue weighted by atomic mass is 32.1. The predicted octanol–water partition coefficient (Wildman–Crippen LogP) is 15.9. The molecule has 0 bridgehead atoms. The van der Waals surface area contributed by atoms with Crippen LogP contribution in [0.4, 0.5) is 0 Å². The zero-order valence-corrected chi connectivity index (χ0v) is 34.4. The minimum Gasteiger partial charge on any atom is -0.309 e. The Bertz CT molecular complexity index is 3490. The number of hydrogen-bond donors (Lipinski definition) is 0. The maximum absolute atomic E-state index is 5.40. The van der Waals surface area contributed by atoms with E-state index in [4.69, 9.17) is 9.97 Å². The number of pyridine rings is 2. The SMILES string of the molecule is c1ccc(-c2cc(-c3ccccc3)nc(-c3ccc(-n4c5ccccc5c5cc6sc7ccccc7c6cc54)c(-c4cc(-c5ccccc5)nc(-c5ccccc5)c4)c3)c2)cc1. The molecule has 0 saturated carbocycles. The second-order valence-corrected chi connectivity index (χ2v) is 16.8. The van der Waals surface area contributed by atoms with Crippen molar-refractivity contribution in [2.75, 3.05) is 0 Å². The van der Waals surface area contributed by atoms with Crippen LogP contribution in [-0.4, -0.2) is 14.5 Å². The number of para-hydroxylation sites is 1. The number of thiophene rings is 1. The molecule has 0 spiro atoms. The molecule has 0 aliphatic rings. The Morgan fingerprint density at radius 1 is 0.290 bits per heavy atom.